The van der Waals surface area contributed by atoms with Crippen LogP contribution in [-0.4, -0.2) is 36.5 Å². The summed E-state index contributed by atoms with van der Waals surface area (Å²) in [7, 11) is -3.53. The van der Waals surface area contributed by atoms with E-state index >= 15 is 0 Å². The molecule has 0 bridgehead atoms. The summed E-state index contributed by atoms with van der Waals surface area (Å²) >= 11 is 0. The fourth-order valence-electron chi connectivity index (χ4n) is 2.66. The van der Waals surface area contributed by atoms with Crippen molar-refractivity contribution in [2.24, 2.45) is 0 Å². The molecule has 0 amide bonds. The van der Waals surface area contributed by atoms with Gasteiger partial charge in [-0.15, -0.1) is 0 Å². The molecule has 0 unspecified atom stereocenters. The zero-order valence-electron chi connectivity index (χ0n) is 12.4. The van der Waals surface area contributed by atoms with Crippen molar-refractivity contribution in [1.29, 1.82) is 0 Å². The van der Waals surface area contributed by atoms with Gasteiger partial charge >= 0.3 is 0 Å². The van der Waals surface area contributed by atoms with Gasteiger partial charge in [0.05, 0.1) is 10.5 Å². The van der Waals surface area contributed by atoms with Gasteiger partial charge in [-0.3, -0.25) is 0 Å². The number of fused-ring (bicyclic) bond motifs is 1. The molecule has 0 aliphatic heterocycles. The van der Waals surface area contributed by atoms with Crippen LogP contribution in [0, 0.1) is 0 Å². The molecule has 0 saturated carbocycles. The van der Waals surface area contributed by atoms with Crippen molar-refractivity contribution in [2.45, 2.75) is 50.5 Å². The predicted octanol–water partition coefficient (Wildman–Crippen LogP) is 1.96. The zero-order valence-corrected chi connectivity index (χ0v) is 13.2. The number of aryl methyl sites for hydroxylation is 2. The second-order valence-corrected chi connectivity index (χ2v) is 7.97. The number of likely N-dealkylation sites (N-methyl/N-ethyl adjacent to an activating group) is 1. The molecule has 0 atom stereocenters. The number of aliphatic hydroxyl groups is 1. The number of hydrogen-bond acceptors (Lipinski definition) is 3. The van der Waals surface area contributed by atoms with Crippen molar-refractivity contribution in [3.05, 3.63) is 29.3 Å². The van der Waals surface area contributed by atoms with E-state index in [2.05, 4.69) is 0 Å². The van der Waals surface area contributed by atoms with E-state index < -0.39 is 15.6 Å². The molecule has 1 aromatic rings. The quantitative estimate of drug-likeness (QED) is 0.904. The van der Waals surface area contributed by atoms with Crippen LogP contribution in [0.25, 0.3) is 0 Å². The second kappa shape index (κ2) is 5.47. The van der Waals surface area contributed by atoms with Crippen LogP contribution in [0.5, 0.6) is 0 Å². The Hall–Kier alpha value is -0.910. The van der Waals surface area contributed by atoms with Gasteiger partial charge < -0.3 is 5.11 Å². The Bertz CT molecular complexity index is 588. The fraction of sp³-hybridized carbons (Fsp3) is 0.600. The summed E-state index contributed by atoms with van der Waals surface area (Å²) in [4.78, 5) is 0.337. The van der Waals surface area contributed by atoms with E-state index in [0.29, 0.717) is 11.4 Å². The monoisotopic (exact) mass is 297 g/mol. The molecule has 1 aromatic carbocycles. The summed E-state index contributed by atoms with van der Waals surface area (Å²) in [5.74, 6) is 0. The van der Waals surface area contributed by atoms with E-state index in [-0.39, 0.29) is 6.54 Å². The lowest BCUT2D eigenvalue weighted by Crippen LogP contribution is -2.42. The van der Waals surface area contributed by atoms with Crippen LogP contribution in [0.4, 0.5) is 0 Å². The first-order chi connectivity index (χ1) is 9.24. The van der Waals surface area contributed by atoms with Gasteiger partial charge in [0.25, 0.3) is 0 Å². The van der Waals surface area contributed by atoms with E-state index in [1.807, 2.05) is 6.07 Å². The van der Waals surface area contributed by atoms with Crippen LogP contribution in [0.2, 0.25) is 0 Å². The number of hydrogen-bond donors (Lipinski definition) is 1. The van der Waals surface area contributed by atoms with Crippen molar-refractivity contribution < 1.29 is 13.5 Å². The molecule has 1 aliphatic carbocycles. The van der Waals surface area contributed by atoms with Crippen LogP contribution in [0.3, 0.4) is 0 Å². The molecule has 2 rings (SSSR count). The van der Waals surface area contributed by atoms with Gasteiger partial charge in [0.1, 0.15) is 0 Å². The first kappa shape index (κ1) is 15.5. The molecule has 0 spiro atoms. The molecule has 0 heterocycles. The third-order valence-corrected chi connectivity index (χ3v) is 5.54. The molecule has 112 valence electrons. The van der Waals surface area contributed by atoms with E-state index in [1.165, 1.54) is 9.87 Å². The lowest BCUT2D eigenvalue weighted by molar-refractivity contribution is 0.0601. The topological polar surface area (TPSA) is 57.6 Å². The summed E-state index contributed by atoms with van der Waals surface area (Å²) < 4.78 is 26.6. The van der Waals surface area contributed by atoms with Crippen LogP contribution in [0.1, 0.15) is 38.3 Å². The van der Waals surface area contributed by atoms with E-state index in [1.54, 1.807) is 32.9 Å². The Labute approximate surface area is 121 Å². The van der Waals surface area contributed by atoms with Crippen LogP contribution >= 0.6 is 0 Å². The van der Waals surface area contributed by atoms with Crippen molar-refractivity contribution in [1.82, 2.24) is 4.31 Å². The largest absolute Gasteiger partial charge is 0.389 e. The Morgan fingerprint density at radius 1 is 1.25 bits per heavy atom. The first-order valence-electron chi connectivity index (χ1n) is 7.08. The van der Waals surface area contributed by atoms with Crippen molar-refractivity contribution >= 4 is 10.0 Å². The smallest absolute Gasteiger partial charge is 0.243 e. The zero-order chi connectivity index (χ0) is 15.0. The number of nitrogens with zero attached hydrogens (tertiary/aromatic N) is 1. The van der Waals surface area contributed by atoms with Gasteiger partial charge in [0.15, 0.2) is 0 Å². The molecule has 0 aromatic heterocycles. The molecule has 0 saturated heterocycles. The lowest BCUT2D eigenvalue weighted by Gasteiger charge is -2.27. The Morgan fingerprint density at radius 2 is 1.90 bits per heavy atom. The highest BCUT2D eigenvalue weighted by atomic mass is 32.2. The summed E-state index contributed by atoms with van der Waals surface area (Å²) in [5, 5.41) is 9.88. The highest BCUT2D eigenvalue weighted by Gasteiger charge is 2.29. The predicted molar refractivity (Wildman–Crippen MR) is 79.2 cm³/mol. The molecular formula is C15H23NO3S. The van der Waals surface area contributed by atoms with Gasteiger partial charge in [0.2, 0.25) is 10.0 Å². The van der Waals surface area contributed by atoms with Crippen molar-refractivity contribution in [3.63, 3.8) is 0 Å². The summed E-state index contributed by atoms with van der Waals surface area (Å²) in [6.45, 7) is 5.48. The number of benzene rings is 1. The van der Waals surface area contributed by atoms with Crippen molar-refractivity contribution in [2.75, 3.05) is 13.1 Å². The van der Waals surface area contributed by atoms with Crippen LogP contribution in [-0.2, 0) is 22.9 Å². The van der Waals surface area contributed by atoms with Gasteiger partial charge in [-0.1, -0.05) is 13.0 Å². The summed E-state index contributed by atoms with van der Waals surface area (Å²) in [5.41, 5.74) is 1.36. The SMILES string of the molecule is CCN(CC(C)(C)O)S(=O)(=O)c1ccc2c(c1)CCC2. The van der Waals surface area contributed by atoms with Crippen molar-refractivity contribution in [3.8, 4) is 0 Å². The molecule has 5 heteroatoms. The number of rotatable bonds is 5. The highest BCUT2D eigenvalue weighted by Crippen LogP contribution is 2.26. The molecule has 4 nitrogen and oxygen atoms in total. The third-order valence-electron chi connectivity index (χ3n) is 3.62. The summed E-state index contributed by atoms with van der Waals surface area (Å²) in [6.07, 6.45) is 3.09. The normalized spacial score (nSPS) is 15.7. The maximum atomic E-state index is 12.7. The van der Waals surface area contributed by atoms with Gasteiger partial charge in [-0.2, -0.15) is 4.31 Å². The fourth-order valence-corrected chi connectivity index (χ4v) is 4.31. The minimum absolute atomic E-state index is 0.100. The second-order valence-electron chi connectivity index (χ2n) is 6.03. The highest BCUT2D eigenvalue weighted by molar-refractivity contribution is 7.89. The minimum atomic E-state index is -3.53. The first-order valence-corrected chi connectivity index (χ1v) is 8.52. The maximum Gasteiger partial charge on any atom is 0.243 e. The molecule has 0 radical (unpaired) electrons. The average Bonchev–Trinajstić information content (AvgIpc) is 2.81. The van der Waals surface area contributed by atoms with Gasteiger partial charge in [-0.25, -0.2) is 8.42 Å². The number of sulfonamides is 1. The molecule has 0 fully saturated rings. The Morgan fingerprint density at radius 3 is 2.50 bits per heavy atom. The summed E-state index contributed by atoms with van der Waals surface area (Å²) in [6, 6.07) is 5.41. The van der Waals surface area contributed by atoms with Gasteiger partial charge in [0, 0.05) is 13.1 Å². The third kappa shape index (κ3) is 3.22. The van der Waals surface area contributed by atoms with E-state index in [4.69, 9.17) is 0 Å². The van der Waals surface area contributed by atoms with Crippen LogP contribution < -0.4 is 0 Å². The van der Waals surface area contributed by atoms with Gasteiger partial charge in [-0.05, 0) is 56.4 Å². The lowest BCUT2D eigenvalue weighted by atomic mass is 10.1. The molecular weight excluding hydrogens is 274 g/mol. The molecule has 1 N–H and O–H groups in total. The maximum absolute atomic E-state index is 12.7. The van der Waals surface area contributed by atoms with Crippen LogP contribution in [0.15, 0.2) is 23.1 Å². The standard InChI is InChI=1S/C15H23NO3S/c1-4-16(11-15(2,3)17)20(18,19)14-9-8-12-6-5-7-13(12)10-14/h8-10,17H,4-7,11H2,1-3H3. The van der Waals surface area contributed by atoms with E-state index in [0.717, 1.165) is 24.8 Å². The average molecular weight is 297 g/mol. The Kier molecular flexibility index (Phi) is 4.23. The molecule has 1 aliphatic rings. The van der Waals surface area contributed by atoms with E-state index in [9.17, 15) is 13.5 Å². The minimum Gasteiger partial charge on any atom is -0.389 e. The molecule has 20 heavy (non-hydrogen) atoms. The Balaban J connectivity index is 2.33.